The molecule has 2 saturated heterocycles. The molecule has 11 heteroatoms. The van der Waals surface area contributed by atoms with Gasteiger partial charge in [0.1, 0.15) is 11.6 Å². The third-order valence-corrected chi connectivity index (χ3v) is 8.01. The first-order chi connectivity index (χ1) is 19.0. The summed E-state index contributed by atoms with van der Waals surface area (Å²) in [6, 6.07) is 4.34. The largest absolute Gasteiger partial charge is 0.444 e. The van der Waals surface area contributed by atoms with Gasteiger partial charge in [-0.05, 0) is 77.8 Å². The van der Waals surface area contributed by atoms with Gasteiger partial charge in [-0.1, -0.05) is 6.07 Å². The van der Waals surface area contributed by atoms with Gasteiger partial charge in [0.15, 0.2) is 0 Å². The van der Waals surface area contributed by atoms with E-state index >= 15 is 0 Å². The van der Waals surface area contributed by atoms with E-state index < -0.39 is 35.3 Å². The molecule has 3 fully saturated rings. The summed E-state index contributed by atoms with van der Waals surface area (Å²) in [5.41, 5.74) is 0.794. The Labute approximate surface area is 233 Å². The highest BCUT2D eigenvalue weighted by molar-refractivity contribution is 6.25. The molecule has 1 aliphatic carbocycles. The van der Waals surface area contributed by atoms with Gasteiger partial charge in [-0.3, -0.25) is 29.4 Å². The normalized spacial score (nSPS) is 26.0. The van der Waals surface area contributed by atoms with Gasteiger partial charge < -0.3 is 19.7 Å². The number of anilines is 1. The van der Waals surface area contributed by atoms with E-state index in [2.05, 4.69) is 15.5 Å². The summed E-state index contributed by atoms with van der Waals surface area (Å²) in [4.78, 5) is 65.8. The van der Waals surface area contributed by atoms with Crippen molar-refractivity contribution in [2.75, 3.05) is 18.0 Å². The number of carbonyl (C=O) groups is 5. The summed E-state index contributed by atoms with van der Waals surface area (Å²) in [6.45, 7) is 6.90. The molecule has 1 atom stereocenters. The standard InChI is InChI=1S/C29H38N4O7/c1-29(2,3)40-28(38)30-17-7-9-18(10-8-17)39-19-13-15-32(16-14-19)21-6-4-5-20-24(21)27(37)33(26(20)36)22-11-12-23(34)31-25(22)35/h4-6,17-19,22H,7-16H2,1-3H3,(H,30,38)(H,31,34,35). The first-order valence-electron chi connectivity index (χ1n) is 14.2. The van der Waals surface area contributed by atoms with E-state index in [1.165, 1.54) is 0 Å². The molecule has 0 spiro atoms. The number of benzene rings is 1. The molecule has 5 rings (SSSR count). The predicted octanol–water partition coefficient (Wildman–Crippen LogP) is 2.91. The van der Waals surface area contributed by atoms with Crippen molar-refractivity contribution in [3.05, 3.63) is 29.3 Å². The highest BCUT2D eigenvalue weighted by Crippen LogP contribution is 2.36. The van der Waals surface area contributed by atoms with Gasteiger partial charge in [0.25, 0.3) is 11.8 Å². The van der Waals surface area contributed by atoms with Crippen LogP contribution in [0.4, 0.5) is 10.5 Å². The average Bonchev–Trinajstić information content (AvgIpc) is 3.14. The summed E-state index contributed by atoms with van der Waals surface area (Å²) >= 11 is 0. The van der Waals surface area contributed by atoms with E-state index in [0.717, 1.165) is 43.4 Å². The molecule has 1 aromatic rings. The van der Waals surface area contributed by atoms with E-state index in [4.69, 9.17) is 9.47 Å². The van der Waals surface area contributed by atoms with Crippen LogP contribution in [0.25, 0.3) is 0 Å². The van der Waals surface area contributed by atoms with Crippen LogP contribution in [0.2, 0.25) is 0 Å². The Balaban J connectivity index is 1.14. The van der Waals surface area contributed by atoms with Gasteiger partial charge in [-0.25, -0.2) is 4.79 Å². The molecule has 1 unspecified atom stereocenters. The van der Waals surface area contributed by atoms with Crippen molar-refractivity contribution in [1.82, 2.24) is 15.5 Å². The Morgan fingerprint density at radius 2 is 1.60 bits per heavy atom. The number of ether oxygens (including phenoxy) is 2. The minimum absolute atomic E-state index is 0.0894. The first-order valence-corrected chi connectivity index (χ1v) is 14.2. The molecule has 3 heterocycles. The molecule has 3 aliphatic heterocycles. The third kappa shape index (κ3) is 5.99. The molecule has 0 bridgehead atoms. The number of hydrogen-bond acceptors (Lipinski definition) is 8. The van der Waals surface area contributed by atoms with Crippen LogP contribution in [0.15, 0.2) is 18.2 Å². The molecule has 2 N–H and O–H groups in total. The summed E-state index contributed by atoms with van der Waals surface area (Å²) in [6.07, 6.45) is 5.12. The van der Waals surface area contributed by atoms with Crippen molar-refractivity contribution in [1.29, 1.82) is 0 Å². The third-order valence-electron chi connectivity index (χ3n) is 8.01. The van der Waals surface area contributed by atoms with Crippen molar-refractivity contribution >= 4 is 35.4 Å². The topological polar surface area (TPSA) is 134 Å². The maximum absolute atomic E-state index is 13.4. The smallest absolute Gasteiger partial charge is 0.407 e. The lowest BCUT2D eigenvalue weighted by molar-refractivity contribution is -0.136. The highest BCUT2D eigenvalue weighted by Gasteiger charge is 2.46. The SMILES string of the molecule is CC(C)(C)OC(=O)NC1CCC(OC2CCN(c3cccc4c3C(=O)N(C3CCC(=O)NC3=O)C4=O)CC2)CC1. The lowest BCUT2D eigenvalue weighted by atomic mass is 9.92. The average molecular weight is 555 g/mol. The van der Waals surface area contributed by atoms with E-state index in [1.54, 1.807) is 12.1 Å². The molecular weight excluding hydrogens is 516 g/mol. The van der Waals surface area contributed by atoms with Gasteiger partial charge in [-0.2, -0.15) is 0 Å². The van der Waals surface area contributed by atoms with Crippen molar-refractivity contribution in [3.63, 3.8) is 0 Å². The van der Waals surface area contributed by atoms with Crippen LogP contribution < -0.4 is 15.5 Å². The minimum Gasteiger partial charge on any atom is -0.444 e. The Morgan fingerprint density at radius 3 is 2.25 bits per heavy atom. The second-order valence-corrected chi connectivity index (χ2v) is 12.1. The number of hydrogen-bond donors (Lipinski definition) is 2. The molecule has 0 aromatic heterocycles. The molecule has 5 amide bonds. The van der Waals surface area contributed by atoms with E-state index in [-0.39, 0.29) is 37.2 Å². The summed E-state index contributed by atoms with van der Waals surface area (Å²) in [5, 5.41) is 5.20. The van der Waals surface area contributed by atoms with Crippen LogP contribution in [0, 0.1) is 0 Å². The Hall–Kier alpha value is -3.47. The fourth-order valence-corrected chi connectivity index (χ4v) is 6.08. The number of fused-ring (bicyclic) bond motifs is 1. The lowest BCUT2D eigenvalue weighted by Gasteiger charge is -2.37. The number of piperidine rings is 2. The number of alkyl carbamates (subject to hydrolysis) is 1. The quantitative estimate of drug-likeness (QED) is 0.531. The van der Waals surface area contributed by atoms with Crippen molar-refractivity contribution < 1.29 is 33.4 Å². The number of nitrogens with zero attached hydrogens (tertiary/aromatic N) is 2. The zero-order valence-electron chi connectivity index (χ0n) is 23.4. The monoisotopic (exact) mass is 554 g/mol. The molecule has 40 heavy (non-hydrogen) atoms. The number of nitrogens with one attached hydrogen (secondary N) is 2. The molecular formula is C29H38N4O7. The second kappa shape index (κ2) is 11.2. The van der Waals surface area contributed by atoms with E-state index in [0.29, 0.717) is 29.9 Å². The van der Waals surface area contributed by atoms with Crippen LogP contribution >= 0.6 is 0 Å². The molecule has 0 radical (unpaired) electrons. The van der Waals surface area contributed by atoms with Crippen LogP contribution in [-0.2, 0) is 19.1 Å². The summed E-state index contributed by atoms with van der Waals surface area (Å²) in [5.74, 6) is -1.99. The van der Waals surface area contributed by atoms with Crippen LogP contribution in [0.3, 0.4) is 0 Å². The van der Waals surface area contributed by atoms with Crippen LogP contribution in [0.1, 0.15) is 92.9 Å². The molecule has 4 aliphatic rings. The van der Waals surface area contributed by atoms with Crippen molar-refractivity contribution in [3.8, 4) is 0 Å². The van der Waals surface area contributed by atoms with Crippen LogP contribution in [-0.4, -0.2) is 77.6 Å². The van der Waals surface area contributed by atoms with Gasteiger partial charge in [0.05, 0.1) is 29.0 Å². The van der Waals surface area contributed by atoms with Crippen molar-refractivity contribution in [2.45, 2.75) is 102 Å². The fourth-order valence-electron chi connectivity index (χ4n) is 6.08. The number of amides is 5. The molecule has 1 saturated carbocycles. The second-order valence-electron chi connectivity index (χ2n) is 12.1. The fraction of sp³-hybridized carbons (Fsp3) is 0.621. The molecule has 1 aromatic carbocycles. The Morgan fingerprint density at radius 1 is 0.925 bits per heavy atom. The van der Waals surface area contributed by atoms with E-state index in [9.17, 15) is 24.0 Å². The highest BCUT2D eigenvalue weighted by atomic mass is 16.6. The van der Waals surface area contributed by atoms with E-state index in [1.807, 2.05) is 26.8 Å². The Bertz CT molecular complexity index is 1190. The zero-order chi connectivity index (χ0) is 28.6. The van der Waals surface area contributed by atoms with Gasteiger partial charge >= 0.3 is 6.09 Å². The maximum Gasteiger partial charge on any atom is 0.407 e. The van der Waals surface area contributed by atoms with Gasteiger partial charge in [0.2, 0.25) is 11.8 Å². The molecule has 11 nitrogen and oxygen atoms in total. The minimum atomic E-state index is -0.980. The number of imide groups is 2. The predicted molar refractivity (Wildman–Crippen MR) is 145 cm³/mol. The number of carbonyl (C=O) groups excluding carboxylic acids is 5. The van der Waals surface area contributed by atoms with Gasteiger partial charge in [0, 0.05) is 25.6 Å². The van der Waals surface area contributed by atoms with Crippen LogP contribution in [0.5, 0.6) is 0 Å². The molecule has 216 valence electrons. The maximum atomic E-state index is 13.4. The van der Waals surface area contributed by atoms with Gasteiger partial charge in [-0.15, -0.1) is 0 Å². The lowest BCUT2D eigenvalue weighted by Crippen LogP contribution is -2.54. The zero-order valence-corrected chi connectivity index (χ0v) is 23.4. The summed E-state index contributed by atoms with van der Waals surface area (Å²) < 4.78 is 11.8. The van der Waals surface area contributed by atoms with Crippen molar-refractivity contribution in [2.24, 2.45) is 0 Å². The first kappa shape index (κ1) is 28.1. The number of rotatable bonds is 5. The summed E-state index contributed by atoms with van der Waals surface area (Å²) in [7, 11) is 0. The Kier molecular flexibility index (Phi) is 7.85.